The molecule has 1 N–H and O–H groups in total. The zero-order chi connectivity index (χ0) is 15.4. The summed E-state index contributed by atoms with van der Waals surface area (Å²) in [5.74, 6) is -0.382. The van der Waals surface area contributed by atoms with Crippen molar-refractivity contribution in [3.05, 3.63) is 69.3 Å². The van der Waals surface area contributed by atoms with Crippen LogP contribution in [0, 0.1) is 22.9 Å². The highest BCUT2D eigenvalue weighted by molar-refractivity contribution is 5.44. The second-order valence-corrected chi connectivity index (χ2v) is 4.86. The van der Waals surface area contributed by atoms with Crippen molar-refractivity contribution < 1.29 is 9.31 Å². The van der Waals surface area contributed by atoms with E-state index in [1.165, 1.54) is 12.1 Å². The van der Waals surface area contributed by atoms with Crippen LogP contribution in [-0.4, -0.2) is 9.91 Å². The van der Waals surface area contributed by atoms with Crippen molar-refractivity contribution in [1.29, 1.82) is 0 Å². The highest BCUT2D eigenvalue weighted by atomic mass is 19.1. The van der Waals surface area contributed by atoms with Crippen LogP contribution in [0.1, 0.15) is 29.7 Å². The molecular weight excluding hydrogens is 273 g/mol. The molecule has 6 heteroatoms. The van der Waals surface area contributed by atoms with Crippen LogP contribution in [0.3, 0.4) is 0 Å². The zero-order valence-corrected chi connectivity index (χ0v) is 11.8. The lowest BCUT2D eigenvalue weighted by molar-refractivity contribution is -0.385. The summed E-state index contributed by atoms with van der Waals surface area (Å²) in [6.45, 7) is 4.08. The Bertz CT molecular complexity index is 661. The van der Waals surface area contributed by atoms with Gasteiger partial charge in [-0.15, -0.1) is 0 Å². The molecule has 2 aromatic rings. The molecule has 0 aliphatic heterocycles. The van der Waals surface area contributed by atoms with Gasteiger partial charge in [-0.25, -0.2) is 4.39 Å². The third-order valence-corrected chi connectivity index (χ3v) is 3.44. The Morgan fingerprint density at radius 3 is 2.86 bits per heavy atom. The molecule has 0 fully saturated rings. The number of aromatic nitrogens is 1. The molecule has 1 heterocycles. The van der Waals surface area contributed by atoms with E-state index in [9.17, 15) is 14.5 Å². The number of nitro benzene ring substituents is 1. The standard InChI is InChI=1S/C15H16FN3O2/c1-10-12(4-3-5-15(10)19(20)21)8-18-11(2)13-6-14(16)9-17-7-13/h3-7,9,11,18H,8H2,1-2H3. The van der Waals surface area contributed by atoms with Gasteiger partial charge in [0.05, 0.1) is 11.1 Å². The summed E-state index contributed by atoms with van der Waals surface area (Å²) in [5.41, 5.74) is 2.33. The van der Waals surface area contributed by atoms with E-state index >= 15 is 0 Å². The fourth-order valence-corrected chi connectivity index (χ4v) is 2.11. The molecule has 2 rings (SSSR count). The molecular formula is C15H16FN3O2. The zero-order valence-electron chi connectivity index (χ0n) is 11.8. The average molecular weight is 289 g/mol. The lowest BCUT2D eigenvalue weighted by Gasteiger charge is -2.15. The van der Waals surface area contributed by atoms with Crippen molar-refractivity contribution in [2.24, 2.45) is 0 Å². The topological polar surface area (TPSA) is 68.1 Å². The molecule has 0 spiro atoms. The van der Waals surface area contributed by atoms with Crippen molar-refractivity contribution in [2.75, 3.05) is 0 Å². The smallest absolute Gasteiger partial charge is 0.272 e. The predicted molar refractivity (Wildman–Crippen MR) is 77.3 cm³/mol. The summed E-state index contributed by atoms with van der Waals surface area (Å²) in [7, 11) is 0. The summed E-state index contributed by atoms with van der Waals surface area (Å²) in [5, 5.41) is 14.1. The van der Waals surface area contributed by atoms with Crippen LogP contribution in [0.2, 0.25) is 0 Å². The number of hydrogen-bond donors (Lipinski definition) is 1. The molecule has 5 nitrogen and oxygen atoms in total. The number of nitrogens with zero attached hydrogens (tertiary/aromatic N) is 2. The minimum absolute atomic E-state index is 0.105. The molecule has 0 saturated heterocycles. The second kappa shape index (κ2) is 6.41. The molecule has 1 atom stereocenters. The fraction of sp³-hybridized carbons (Fsp3) is 0.267. The molecule has 1 aromatic carbocycles. The number of rotatable bonds is 5. The van der Waals surface area contributed by atoms with E-state index in [1.807, 2.05) is 13.0 Å². The Balaban J connectivity index is 2.10. The number of hydrogen-bond acceptors (Lipinski definition) is 4. The normalized spacial score (nSPS) is 12.1. The highest BCUT2D eigenvalue weighted by Gasteiger charge is 2.14. The molecule has 0 saturated carbocycles. The van der Waals surface area contributed by atoms with Gasteiger partial charge in [-0.1, -0.05) is 12.1 Å². The number of pyridine rings is 1. The molecule has 1 unspecified atom stereocenters. The third-order valence-electron chi connectivity index (χ3n) is 3.44. The minimum atomic E-state index is -0.390. The molecule has 0 amide bonds. The molecule has 110 valence electrons. The van der Waals surface area contributed by atoms with Crippen molar-refractivity contribution in [2.45, 2.75) is 26.4 Å². The Labute approximate surface area is 122 Å². The molecule has 21 heavy (non-hydrogen) atoms. The molecule has 1 aromatic heterocycles. The summed E-state index contributed by atoms with van der Waals surface area (Å²) in [6, 6.07) is 6.30. The molecule has 0 aliphatic carbocycles. The van der Waals surface area contributed by atoms with Gasteiger partial charge in [-0.3, -0.25) is 15.1 Å². The van der Waals surface area contributed by atoms with Gasteiger partial charge in [0.25, 0.3) is 5.69 Å². The fourth-order valence-electron chi connectivity index (χ4n) is 2.11. The van der Waals surface area contributed by atoms with Crippen LogP contribution in [0.25, 0.3) is 0 Å². The quantitative estimate of drug-likeness (QED) is 0.677. The number of halogens is 1. The van der Waals surface area contributed by atoms with Gasteiger partial charge in [-0.05, 0) is 31.0 Å². The van der Waals surface area contributed by atoms with E-state index < -0.39 is 4.92 Å². The molecule has 0 bridgehead atoms. The average Bonchev–Trinajstić information content (AvgIpc) is 2.45. The van der Waals surface area contributed by atoms with Crippen LogP contribution < -0.4 is 5.32 Å². The van der Waals surface area contributed by atoms with Crippen LogP contribution in [0.15, 0.2) is 36.7 Å². The van der Waals surface area contributed by atoms with Crippen molar-refractivity contribution in [3.63, 3.8) is 0 Å². The van der Waals surface area contributed by atoms with Crippen LogP contribution in [0.4, 0.5) is 10.1 Å². The van der Waals surface area contributed by atoms with Gasteiger partial charge in [0, 0.05) is 30.4 Å². The first-order valence-electron chi connectivity index (χ1n) is 6.55. The monoisotopic (exact) mass is 289 g/mol. The van der Waals surface area contributed by atoms with Gasteiger partial charge in [-0.2, -0.15) is 0 Å². The summed E-state index contributed by atoms with van der Waals surface area (Å²) >= 11 is 0. The number of benzene rings is 1. The first kappa shape index (κ1) is 15.1. The Morgan fingerprint density at radius 1 is 1.43 bits per heavy atom. The van der Waals surface area contributed by atoms with Gasteiger partial charge in [0.15, 0.2) is 0 Å². The summed E-state index contributed by atoms with van der Waals surface area (Å²) < 4.78 is 13.1. The maximum atomic E-state index is 13.1. The second-order valence-electron chi connectivity index (χ2n) is 4.86. The number of nitrogens with one attached hydrogen (secondary N) is 1. The Morgan fingerprint density at radius 2 is 2.19 bits per heavy atom. The van der Waals surface area contributed by atoms with Crippen LogP contribution in [-0.2, 0) is 6.54 Å². The first-order chi connectivity index (χ1) is 9.99. The van der Waals surface area contributed by atoms with Gasteiger partial charge in [0.1, 0.15) is 5.82 Å². The van der Waals surface area contributed by atoms with Gasteiger partial charge in [0.2, 0.25) is 0 Å². The van der Waals surface area contributed by atoms with E-state index in [1.54, 1.807) is 19.2 Å². The van der Waals surface area contributed by atoms with E-state index in [-0.39, 0.29) is 17.5 Å². The van der Waals surface area contributed by atoms with E-state index in [2.05, 4.69) is 10.3 Å². The largest absolute Gasteiger partial charge is 0.306 e. The van der Waals surface area contributed by atoms with Crippen LogP contribution in [0.5, 0.6) is 0 Å². The van der Waals surface area contributed by atoms with E-state index in [0.29, 0.717) is 12.1 Å². The SMILES string of the molecule is Cc1c(CNC(C)c2cncc(F)c2)cccc1[N+](=O)[O-]. The Kier molecular flexibility index (Phi) is 4.59. The number of nitro groups is 1. The lowest BCUT2D eigenvalue weighted by Crippen LogP contribution is -2.19. The maximum absolute atomic E-state index is 13.1. The van der Waals surface area contributed by atoms with Crippen LogP contribution >= 0.6 is 0 Å². The van der Waals surface area contributed by atoms with E-state index in [0.717, 1.165) is 17.3 Å². The van der Waals surface area contributed by atoms with Gasteiger partial charge < -0.3 is 5.32 Å². The highest BCUT2D eigenvalue weighted by Crippen LogP contribution is 2.22. The van der Waals surface area contributed by atoms with E-state index in [4.69, 9.17) is 0 Å². The lowest BCUT2D eigenvalue weighted by atomic mass is 10.1. The van der Waals surface area contributed by atoms with Gasteiger partial charge >= 0.3 is 0 Å². The Hall–Kier alpha value is -2.34. The third kappa shape index (κ3) is 3.61. The van der Waals surface area contributed by atoms with Crippen molar-refractivity contribution in [1.82, 2.24) is 10.3 Å². The predicted octanol–water partition coefficient (Wildman–Crippen LogP) is 3.29. The maximum Gasteiger partial charge on any atom is 0.272 e. The van der Waals surface area contributed by atoms with Crippen molar-refractivity contribution >= 4 is 5.69 Å². The van der Waals surface area contributed by atoms with Crippen molar-refractivity contribution in [3.8, 4) is 0 Å². The summed E-state index contributed by atoms with van der Waals surface area (Å²) in [4.78, 5) is 14.3. The molecule has 0 aliphatic rings. The summed E-state index contributed by atoms with van der Waals surface area (Å²) in [6.07, 6.45) is 2.75. The molecule has 0 radical (unpaired) electrons. The first-order valence-corrected chi connectivity index (χ1v) is 6.55. The minimum Gasteiger partial charge on any atom is -0.306 e.